The van der Waals surface area contributed by atoms with Crippen molar-refractivity contribution >= 4 is 50.5 Å². The summed E-state index contributed by atoms with van der Waals surface area (Å²) in [6.07, 6.45) is 0. The predicted octanol–water partition coefficient (Wildman–Crippen LogP) is 5.04. The first-order valence-electron chi connectivity index (χ1n) is 7.54. The van der Waals surface area contributed by atoms with E-state index < -0.39 is 0 Å². The fourth-order valence-electron chi connectivity index (χ4n) is 2.40. The minimum Gasteiger partial charge on any atom is -0.322 e. The Bertz CT molecular complexity index is 909. The molecule has 4 nitrogen and oxygen atoms in total. The molecule has 3 aromatic rings. The highest BCUT2D eigenvalue weighted by atomic mass is 79.9. The molecule has 1 aromatic heterocycles. The Morgan fingerprint density at radius 1 is 1.04 bits per heavy atom. The number of halogens is 1. The van der Waals surface area contributed by atoms with E-state index in [1.54, 1.807) is 31.3 Å². The molecule has 1 heterocycles. The molecular formula is C19H15BrN2O2S. The van der Waals surface area contributed by atoms with E-state index in [-0.39, 0.29) is 11.8 Å². The number of hydrogen-bond donors (Lipinski definition) is 1. The number of rotatable bonds is 4. The van der Waals surface area contributed by atoms with Crippen molar-refractivity contribution in [3.8, 4) is 0 Å². The number of carbonyl (C=O) groups is 2. The van der Waals surface area contributed by atoms with Crippen LogP contribution in [0.25, 0.3) is 0 Å². The molecule has 0 radical (unpaired) electrons. The van der Waals surface area contributed by atoms with Crippen LogP contribution in [0, 0.1) is 0 Å². The van der Waals surface area contributed by atoms with Gasteiger partial charge in [-0.25, -0.2) is 0 Å². The molecule has 1 N–H and O–H groups in total. The van der Waals surface area contributed by atoms with Crippen molar-refractivity contribution in [3.05, 3.63) is 81.0 Å². The van der Waals surface area contributed by atoms with E-state index in [0.717, 1.165) is 4.47 Å². The first-order chi connectivity index (χ1) is 12.1. The lowest BCUT2D eigenvalue weighted by Crippen LogP contribution is -2.28. The smallest absolute Gasteiger partial charge is 0.268 e. The normalized spacial score (nSPS) is 10.3. The molecular weight excluding hydrogens is 400 g/mol. The van der Waals surface area contributed by atoms with Crippen LogP contribution in [-0.2, 0) is 0 Å². The maximum absolute atomic E-state index is 12.7. The SMILES string of the molecule is CN(C(=O)c1cccs1)c1ccccc1C(=O)Nc1cccc(Br)c1. The van der Waals surface area contributed by atoms with Gasteiger partial charge in [0.15, 0.2) is 0 Å². The average Bonchev–Trinajstić information content (AvgIpc) is 3.15. The summed E-state index contributed by atoms with van der Waals surface area (Å²) in [5.41, 5.74) is 1.68. The van der Waals surface area contributed by atoms with Gasteiger partial charge in [0.25, 0.3) is 11.8 Å². The highest BCUT2D eigenvalue weighted by molar-refractivity contribution is 9.10. The monoisotopic (exact) mass is 414 g/mol. The summed E-state index contributed by atoms with van der Waals surface area (Å²) >= 11 is 4.76. The first kappa shape index (κ1) is 17.4. The summed E-state index contributed by atoms with van der Waals surface area (Å²) in [4.78, 5) is 27.4. The molecule has 3 rings (SSSR count). The number of benzene rings is 2. The predicted molar refractivity (Wildman–Crippen MR) is 106 cm³/mol. The summed E-state index contributed by atoms with van der Waals surface area (Å²) in [6, 6.07) is 18.0. The van der Waals surface area contributed by atoms with Crippen LogP contribution in [0.15, 0.2) is 70.5 Å². The van der Waals surface area contributed by atoms with Crippen LogP contribution in [0.5, 0.6) is 0 Å². The highest BCUT2D eigenvalue weighted by Gasteiger charge is 2.20. The molecule has 0 aliphatic heterocycles. The zero-order valence-electron chi connectivity index (χ0n) is 13.4. The van der Waals surface area contributed by atoms with Gasteiger partial charge in [-0.3, -0.25) is 9.59 Å². The summed E-state index contributed by atoms with van der Waals surface area (Å²) in [6.45, 7) is 0. The molecule has 0 saturated heterocycles. The minimum absolute atomic E-state index is 0.141. The number of hydrogen-bond acceptors (Lipinski definition) is 3. The Balaban J connectivity index is 1.87. The van der Waals surface area contributed by atoms with Gasteiger partial charge in [-0.2, -0.15) is 0 Å². The number of nitrogens with one attached hydrogen (secondary N) is 1. The largest absolute Gasteiger partial charge is 0.322 e. The van der Waals surface area contributed by atoms with Gasteiger partial charge in [-0.05, 0) is 41.8 Å². The number of amides is 2. The number of carbonyl (C=O) groups excluding carboxylic acids is 2. The van der Waals surface area contributed by atoms with E-state index in [9.17, 15) is 9.59 Å². The molecule has 0 atom stereocenters. The third-order valence-corrected chi connectivity index (χ3v) is 4.98. The van der Waals surface area contributed by atoms with Crippen molar-refractivity contribution < 1.29 is 9.59 Å². The van der Waals surface area contributed by atoms with Crippen molar-refractivity contribution in [1.82, 2.24) is 0 Å². The lowest BCUT2D eigenvalue weighted by Gasteiger charge is -2.20. The molecule has 6 heteroatoms. The van der Waals surface area contributed by atoms with Gasteiger partial charge >= 0.3 is 0 Å². The van der Waals surface area contributed by atoms with Crippen molar-refractivity contribution in [2.75, 3.05) is 17.3 Å². The molecule has 0 saturated carbocycles. The molecule has 2 amide bonds. The van der Waals surface area contributed by atoms with E-state index in [2.05, 4.69) is 21.2 Å². The van der Waals surface area contributed by atoms with Crippen LogP contribution in [0.2, 0.25) is 0 Å². The topological polar surface area (TPSA) is 49.4 Å². The second-order valence-electron chi connectivity index (χ2n) is 5.32. The fraction of sp³-hybridized carbons (Fsp3) is 0.0526. The zero-order chi connectivity index (χ0) is 17.8. The minimum atomic E-state index is -0.264. The van der Waals surface area contributed by atoms with Crippen LogP contribution in [0.4, 0.5) is 11.4 Å². The van der Waals surface area contributed by atoms with E-state index in [1.807, 2.05) is 41.8 Å². The molecule has 0 fully saturated rings. The van der Waals surface area contributed by atoms with Gasteiger partial charge in [0.05, 0.1) is 16.1 Å². The van der Waals surface area contributed by atoms with Crippen molar-refractivity contribution in [2.24, 2.45) is 0 Å². The second kappa shape index (κ2) is 7.63. The molecule has 2 aromatic carbocycles. The summed E-state index contributed by atoms with van der Waals surface area (Å²) in [5.74, 6) is -0.405. The van der Waals surface area contributed by atoms with Crippen LogP contribution < -0.4 is 10.2 Å². The number of anilines is 2. The summed E-state index contributed by atoms with van der Waals surface area (Å²) in [7, 11) is 1.67. The number of para-hydroxylation sites is 1. The Morgan fingerprint density at radius 3 is 2.56 bits per heavy atom. The maximum atomic E-state index is 12.7. The van der Waals surface area contributed by atoms with Crippen molar-refractivity contribution in [2.45, 2.75) is 0 Å². The molecule has 0 unspecified atom stereocenters. The van der Waals surface area contributed by atoms with Crippen LogP contribution in [-0.4, -0.2) is 18.9 Å². The molecule has 126 valence electrons. The molecule has 0 spiro atoms. The van der Waals surface area contributed by atoms with Gasteiger partial charge in [0.2, 0.25) is 0 Å². The molecule has 0 bridgehead atoms. The third-order valence-electron chi connectivity index (χ3n) is 3.63. The van der Waals surface area contributed by atoms with Gasteiger partial charge in [0, 0.05) is 17.2 Å². The molecule has 25 heavy (non-hydrogen) atoms. The van der Waals surface area contributed by atoms with Gasteiger partial charge in [-0.1, -0.05) is 40.2 Å². The first-order valence-corrected chi connectivity index (χ1v) is 9.21. The van der Waals surface area contributed by atoms with Crippen molar-refractivity contribution in [1.29, 1.82) is 0 Å². The van der Waals surface area contributed by atoms with Crippen LogP contribution in [0.1, 0.15) is 20.0 Å². The summed E-state index contributed by atoms with van der Waals surface area (Å²) < 4.78 is 0.878. The van der Waals surface area contributed by atoms with Gasteiger partial charge in [0.1, 0.15) is 0 Å². The lowest BCUT2D eigenvalue weighted by atomic mass is 10.1. The molecule has 0 aliphatic carbocycles. The Labute approximate surface area is 158 Å². The molecule has 0 aliphatic rings. The maximum Gasteiger partial charge on any atom is 0.268 e. The quantitative estimate of drug-likeness (QED) is 0.649. The van der Waals surface area contributed by atoms with Crippen molar-refractivity contribution in [3.63, 3.8) is 0 Å². The van der Waals surface area contributed by atoms with E-state index in [1.165, 1.54) is 16.2 Å². The van der Waals surface area contributed by atoms with E-state index in [4.69, 9.17) is 0 Å². The summed E-state index contributed by atoms with van der Waals surface area (Å²) in [5, 5.41) is 4.72. The van der Waals surface area contributed by atoms with Gasteiger partial charge < -0.3 is 10.2 Å². The number of nitrogens with zero attached hydrogens (tertiary/aromatic N) is 1. The fourth-order valence-corrected chi connectivity index (χ4v) is 3.50. The Kier molecular flexibility index (Phi) is 5.31. The Morgan fingerprint density at radius 2 is 1.84 bits per heavy atom. The highest BCUT2D eigenvalue weighted by Crippen LogP contribution is 2.24. The lowest BCUT2D eigenvalue weighted by molar-refractivity contribution is 0.0996. The zero-order valence-corrected chi connectivity index (χ0v) is 15.8. The Hall–Kier alpha value is -2.44. The van der Waals surface area contributed by atoms with Crippen LogP contribution >= 0.6 is 27.3 Å². The standard InChI is InChI=1S/C19H15BrN2O2S/c1-22(19(24)17-10-5-11-25-17)16-9-3-2-8-15(16)18(23)21-14-7-4-6-13(20)12-14/h2-12H,1H3,(H,21,23). The van der Waals surface area contributed by atoms with E-state index in [0.29, 0.717) is 21.8 Å². The van der Waals surface area contributed by atoms with E-state index >= 15 is 0 Å². The second-order valence-corrected chi connectivity index (χ2v) is 7.19. The van der Waals surface area contributed by atoms with Crippen LogP contribution in [0.3, 0.4) is 0 Å². The average molecular weight is 415 g/mol. The number of thiophene rings is 1. The third kappa shape index (κ3) is 3.97. The van der Waals surface area contributed by atoms with Gasteiger partial charge in [-0.15, -0.1) is 11.3 Å².